The zero-order valence-corrected chi connectivity index (χ0v) is 10.2. The van der Waals surface area contributed by atoms with Crippen LogP contribution in [0.1, 0.15) is 38.2 Å². The van der Waals surface area contributed by atoms with Crippen molar-refractivity contribution in [1.29, 1.82) is 0 Å². The van der Waals surface area contributed by atoms with Gasteiger partial charge in [-0.3, -0.25) is 0 Å². The first-order valence-corrected chi connectivity index (χ1v) is 6.15. The van der Waals surface area contributed by atoms with Gasteiger partial charge in [-0.15, -0.1) is 0 Å². The van der Waals surface area contributed by atoms with E-state index in [1.807, 2.05) is 19.2 Å². The number of aromatic nitrogens is 1. The Balaban J connectivity index is 2.02. The lowest BCUT2D eigenvalue weighted by Crippen LogP contribution is -2.24. The van der Waals surface area contributed by atoms with Crippen LogP contribution in [0.2, 0.25) is 0 Å². The van der Waals surface area contributed by atoms with E-state index in [-0.39, 0.29) is 0 Å². The van der Waals surface area contributed by atoms with Crippen molar-refractivity contribution in [1.82, 2.24) is 4.98 Å². The smallest absolute Gasteiger partial charge is 0.149 e. The minimum atomic E-state index is 0.472. The molecule has 1 saturated carbocycles. The maximum absolute atomic E-state index is 5.94. The summed E-state index contributed by atoms with van der Waals surface area (Å²) in [5.74, 6) is 1.62. The number of nitrogens with zero attached hydrogens (tertiary/aromatic N) is 1. The van der Waals surface area contributed by atoms with Crippen LogP contribution >= 0.6 is 0 Å². The average molecular weight is 219 g/mol. The third-order valence-corrected chi connectivity index (χ3v) is 3.53. The van der Waals surface area contributed by atoms with E-state index in [1.165, 1.54) is 25.7 Å². The molecule has 2 rings (SSSR count). The normalized spacial score (nSPS) is 18.6. The Labute approximate surface area is 97.5 Å². The van der Waals surface area contributed by atoms with E-state index >= 15 is 0 Å². The topological polar surface area (TPSA) is 50.9 Å². The van der Waals surface area contributed by atoms with Crippen molar-refractivity contribution in [2.45, 2.75) is 45.6 Å². The van der Waals surface area contributed by atoms with Gasteiger partial charge in [0.25, 0.3) is 0 Å². The van der Waals surface area contributed by atoms with E-state index in [9.17, 15) is 0 Å². The fraction of sp³-hybridized carbons (Fsp3) is 0.615. The van der Waals surface area contributed by atoms with Crippen molar-refractivity contribution in [3.8, 4) is 0 Å². The highest BCUT2D eigenvalue weighted by molar-refractivity contribution is 5.62. The van der Waals surface area contributed by atoms with Crippen molar-refractivity contribution in [3.05, 3.63) is 17.8 Å². The van der Waals surface area contributed by atoms with Gasteiger partial charge < -0.3 is 11.1 Å². The predicted octanol–water partition coefficient (Wildman–Crippen LogP) is 2.96. The van der Waals surface area contributed by atoms with Gasteiger partial charge in [0, 0.05) is 12.2 Å². The van der Waals surface area contributed by atoms with Crippen molar-refractivity contribution < 1.29 is 0 Å². The summed E-state index contributed by atoms with van der Waals surface area (Å²) >= 11 is 0. The first-order valence-electron chi connectivity index (χ1n) is 6.15. The molecule has 1 aromatic rings. The maximum Gasteiger partial charge on any atom is 0.149 e. The highest BCUT2D eigenvalue weighted by atomic mass is 15.0. The third-order valence-electron chi connectivity index (χ3n) is 3.53. The lowest BCUT2D eigenvalue weighted by atomic mass is 10.00. The summed E-state index contributed by atoms with van der Waals surface area (Å²) in [7, 11) is 0. The van der Waals surface area contributed by atoms with E-state index in [0.29, 0.717) is 6.04 Å². The second-order valence-corrected chi connectivity index (χ2v) is 4.93. The van der Waals surface area contributed by atoms with Crippen LogP contribution in [0.3, 0.4) is 0 Å². The molecule has 3 heteroatoms. The van der Waals surface area contributed by atoms with Gasteiger partial charge in [0.1, 0.15) is 5.82 Å². The van der Waals surface area contributed by atoms with Crippen LogP contribution in [0.5, 0.6) is 0 Å². The Morgan fingerprint density at radius 3 is 2.75 bits per heavy atom. The Kier molecular flexibility index (Phi) is 3.32. The molecule has 1 fully saturated rings. The molecule has 0 radical (unpaired) electrons. The van der Waals surface area contributed by atoms with Crippen LogP contribution in [0, 0.1) is 12.8 Å². The molecule has 0 saturated heterocycles. The number of nitrogens with two attached hydrogens (primary N) is 1. The van der Waals surface area contributed by atoms with E-state index < -0.39 is 0 Å². The van der Waals surface area contributed by atoms with Crippen LogP contribution in [-0.4, -0.2) is 11.0 Å². The molecule has 88 valence electrons. The van der Waals surface area contributed by atoms with Crippen LogP contribution in [0.4, 0.5) is 11.5 Å². The number of aryl methyl sites for hydroxylation is 1. The average Bonchev–Trinajstić information content (AvgIpc) is 2.75. The maximum atomic E-state index is 5.94. The van der Waals surface area contributed by atoms with Crippen molar-refractivity contribution in [2.75, 3.05) is 11.1 Å². The summed E-state index contributed by atoms with van der Waals surface area (Å²) < 4.78 is 0. The van der Waals surface area contributed by atoms with Gasteiger partial charge in [0.2, 0.25) is 0 Å². The molecule has 16 heavy (non-hydrogen) atoms. The Morgan fingerprint density at radius 1 is 1.44 bits per heavy atom. The molecular weight excluding hydrogens is 198 g/mol. The number of hydrogen-bond acceptors (Lipinski definition) is 3. The van der Waals surface area contributed by atoms with Crippen molar-refractivity contribution >= 4 is 11.5 Å². The molecule has 0 spiro atoms. The van der Waals surface area contributed by atoms with Gasteiger partial charge in [0.05, 0.1) is 5.69 Å². The fourth-order valence-corrected chi connectivity index (χ4v) is 2.50. The largest absolute Gasteiger partial charge is 0.396 e. The van der Waals surface area contributed by atoms with Gasteiger partial charge in [-0.05, 0) is 44.2 Å². The van der Waals surface area contributed by atoms with Crippen molar-refractivity contribution in [2.24, 2.45) is 5.92 Å². The highest BCUT2D eigenvalue weighted by Gasteiger charge is 2.21. The first kappa shape index (κ1) is 11.2. The molecule has 1 aliphatic carbocycles. The molecule has 1 unspecified atom stereocenters. The van der Waals surface area contributed by atoms with Crippen LogP contribution in [0.15, 0.2) is 12.3 Å². The summed E-state index contributed by atoms with van der Waals surface area (Å²) in [6, 6.07) is 2.44. The number of pyridine rings is 1. The Morgan fingerprint density at radius 2 is 2.12 bits per heavy atom. The standard InChI is InChI=1S/C13H21N3/c1-9-7-12(14)13(15-8-9)16-10(2)11-5-3-4-6-11/h7-8,10-11H,3-6,14H2,1-2H3,(H,15,16). The molecule has 1 aliphatic rings. The summed E-state index contributed by atoms with van der Waals surface area (Å²) in [6.07, 6.45) is 7.26. The molecule has 0 aromatic carbocycles. The molecule has 1 atom stereocenters. The predicted molar refractivity (Wildman–Crippen MR) is 68.4 cm³/mol. The summed E-state index contributed by atoms with van der Waals surface area (Å²) in [6.45, 7) is 4.24. The molecule has 0 bridgehead atoms. The van der Waals surface area contributed by atoms with Gasteiger partial charge in [0.15, 0.2) is 0 Å². The van der Waals surface area contributed by atoms with E-state index in [2.05, 4.69) is 17.2 Å². The number of rotatable bonds is 3. The molecule has 1 heterocycles. The monoisotopic (exact) mass is 219 g/mol. The molecule has 1 aromatic heterocycles. The van der Waals surface area contributed by atoms with Crippen LogP contribution < -0.4 is 11.1 Å². The fourth-order valence-electron chi connectivity index (χ4n) is 2.50. The van der Waals surface area contributed by atoms with Gasteiger partial charge in [-0.1, -0.05) is 12.8 Å². The van der Waals surface area contributed by atoms with Gasteiger partial charge >= 0.3 is 0 Å². The lowest BCUT2D eigenvalue weighted by Gasteiger charge is -2.21. The zero-order valence-electron chi connectivity index (χ0n) is 10.2. The van der Waals surface area contributed by atoms with Gasteiger partial charge in [-0.25, -0.2) is 4.98 Å². The SMILES string of the molecule is Cc1cnc(NC(C)C2CCCC2)c(N)c1. The lowest BCUT2D eigenvalue weighted by molar-refractivity contribution is 0.481. The third kappa shape index (κ3) is 2.46. The van der Waals surface area contributed by atoms with Crippen molar-refractivity contribution in [3.63, 3.8) is 0 Å². The minimum Gasteiger partial charge on any atom is -0.396 e. The number of nitrogens with one attached hydrogen (secondary N) is 1. The molecule has 3 N–H and O–H groups in total. The highest BCUT2D eigenvalue weighted by Crippen LogP contribution is 2.29. The van der Waals surface area contributed by atoms with E-state index in [4.69, 9.17) is 5.73 Å². The second-order valence-electron chi connectivity index (χ2n) is 4.93. The van der Waals surface area contributed by atoms with E-state index in [0.717, 1.165) is 23.0 Å². The van der Waals surface area contributed by atoms with E-state index in [1.54, 1.807) is 0 Å². The quantitative estimate of drug-likeness (QED) is 0.821. The van der Waals surface area contributed by atoms with Crippen LogP contribution in [-0.2, 0) is 0 Å². The molecule has 0 aliphatic heterocycles. The first-order chi connectivity index (χ1) is 7.66. The second kappa shape index (κ2) is 4.73. The molecule has 3 nitrogen and oxygen atoms in total. The molecular formula is C13H21N3. The number of anilines is 2. The van der Waals surface area contributed by atoms with Crippen LogP contribution in [0.25, 0.3) is 0 Å². The summed E-state index contributed by atoms with van der Waals surface area (Å²) in [4.78, 5) is 4.35. The zero-order chi connectivity index (χ0) is 11.5. The minimum absolute atomic E-state index is 0.472. The summed E-state index contributed by atoms with van der Waals surface area (Å²) in [5.41, 5.74) is 7.81. The Hall–Kier alpha value is -1.25. The summed E-state index contributed by atoms with van der Waals surface area (Å²) in [5, 5.41) is 3.44. The van der Waals surface area contributed by atoms with Gasteiger partial charge in [-0.2, -0.15) is 0 Å². The number of nitrogen functional groups attached to an aromatic ring is 1. The number of hydrogen-bond donors (Lipinski definition) is 2. The Bertz CT molecular complexity index is 356. The molecule has 0 amide bonds.